The fraction of sp³-hybridized carbons (Fsp3) is 0.484. The fourth-order valence-corrected chi connectivity index (χ4v) is 6.57. The van der Waals surface area contributed by atoms with Gasteiger partial charge in [-0.1, -0.05) is 6.92 Å². The van der Waals surface area contributed by atoms with Gasteiger partial charge in [0.25, 0.3) is 5.91 Å². The second-order valence-corrected chi connectivity index (χ2v) is 12.2. The molecule has 0 aromatic heterocycles. The molecule has 5 rings (SSSR count). The Bertz CT molecular complexity index is 1550. The number of carbonyl (C=O) groups is 2. The molecule has 1 saturated carbocycles. The van der Waals surface area contributed by atoms with Gasteiger partial charge in [0.2, 0.25) is 0 Å². The average molecular weight is 776 g/mol. The molecule has 1 amide bonds. The van der Waals surface area contributed by atoms with E-state index >= 15 is 0 Å². The number of anilines is 2. The molecule has 2 aliphatic heterocycles. The van der Waals surface area contributed by atoms with Crippen molar-refractivity contribution in [3.05, 3.63) is 53.1 Å². The summed E-state index contributed by atoms with van der Waals surface area (Å²) in [4.78, 5) is 32.2. The fourth-order valence-electron chi connectivity index (χ4n) is 6.05. The molecule has 2 aromatic rings. The number of carboxylic acids is 1. The summed E-state index contributed by atoms with van der Waals surface area (Å²) in [6.07, 6.45) is -2.73. The predicted molar refractivity (Wildman–Crippen MR) is 191 cm³/mol. The highest BCUT2D eigenvalue weighted by atomic mass is 35.5. The van der Waals surface area contributed by atoms with Crippen molar-refractivity contribution in [2.24, 2.45) is 0 Å². The molecule has 2 heterocycles. The summed E-state index contributed by atoms with van der Waals surface area (Å²) in [5.41, 5.74) is -2.10. The first-order valence-electron chi connectivity index (χ1n) is 14.5. The second kappa shape index (κ2) is 16.4. The van der Waals surface area contributed by atoms with E-state index in [1.807, 2.05) is 19.1 Å². The quantitative estimate of drug-likeness (QED) is 0.292. The highest BCUT2D eigenvalue weighted by molar-refractivity contribution is 7.81. The summed E-state index contributed by atoms with van der Waals surface area (Å²) in [7, 11) is 0. The molecule has 1 aliphatic carbocycles. The Balaban J connectivity index is 0.00000288. The van der Waals surface area contributed by atoms with Gasteiger partial charge in [0.05, 0.1) is 22.9 Å². The number of piperazine rings is 1. The summed E-state index contributed by atoms with van der Waals surface area (Å²) in [6.45, 7) is 9.39. The molecule has 3 fully saturated rings. The number of nitrogens with zero attached hydrogens (tertiary/aromatic N) is 5. The number of alkyl halides is 3. The lowest BCUT2D eigenvalue weighted by Gasteiger charge is -2.38. The topological polar surface area (TPSA) is 100 Å². The van der Waals surface area contributed by atoms with Crippen molar-refractivity contribution < 1.29 is 32.6 Å². The Morgan fingerprint density at radius 2 is 1.62 bits per heavy atom. The lowest BCUT2D eigenvalue weighted by molar-refractivity contribution is -0.146. The minimum absolute atomic E-state index is 0. The molecule has 0 bridgehead atoms. The molecule has 2 saturated heterocycles. The number of ether oxygens (including phenoxy) is 1. The van der Waals surface area contributed by atoms with Crippen LogP contribution in [0.1, 0.15) is 50.3 Å². The van der Waals surface area contributed by atoms with Crippen LogP contribution in [0.4, 0.5) is 24.5 Å². The van der Waals surface area contributed by atoms with Crippen LogP contribution >= 0.6 is 61.8 Å². The van der Waals surface area contributed by atoms with E-state index in [9.17, 15) is 27.9 Å². The SMILES string of the molecule is CCc1cc(N2C(=S)N(c3ccc(C#N)c(C(F)(F)F)c3)C(=O)C2(C)C)ccc1OCCN1CCN(C2(C(=O)O)CC2)CC1.Cl.Cl.Cl.Cl. The molecule has 9 nitrogen and oxygen atoms in total. The van der Waals surface area contributed by atoms with Crippen molar-refractivity contribution in [2.75, 3.05) is 49.1 Å². The number of carboxylic acid groups (broad SMARTS) is 1. The van der Waals surface area contributed by atoms with E-state index in [1.54, 1.807) is 30.9 Å². The Hall–Kier alpha value is -2.57. The Labute approximate surface area is 308 Å². The van der Waals surface area contributed by atoms with Crippen LogP contribution in [0.2, 0.25) is 0 Å². The van der Waals surface area contributed by atoms with Crippen LogP contribution in [0.3, 0.4) is 0 Å². The molecule has 2 aromatic carbocycles. The van der Waals surface area contributed by atoms with Crippen LogP contribution < -0.4 is 14.5 Å². The van der Waals surface area contributed by atoms with Gasteiger partial charge in [-0.25, -0.2) is 0 Å². The molecular weight excluding hydrogens is 737 g/mol. The van der Waals surface area contributed by atoms with Gasteiger partial charge >= 0.3 is 12.1 Å². The number of carbonyl (C=O) groups excluding carboxylic acids is 1. The number of amides is 1. The highest BCUT2D eigenvalue weighted by Crippen LogP contribution is 2.43. The molecule has 17 heteroatoms. The maximum absolute atomic E-state index is 13.7. The lowest BCUT2D eigenvalue weighted by Crippen LogP contribution is -2.54. The molecule has 0 atom stereocenters. The van der Waals surface area contributed by atoms with E-state index in [1.165, 1.54) is 6.07 Å². The number of hydrogen-bond acceptors (Lipinski definition) is 7. The number of rotatable bonds is 9. The predicted octanol–water partition coefficient (Wildman–Crippen LogP) is 6.36. The second-order valence-electron chi connectivity index (χ2n) is 11.8. The van der Waals surface area contributed by atoms with Crippen molar-refractivity contribution in [3.63, 3.8) is 0 Å². The van der Waals surface area contributed by atoms with Gasteiger partial charge in [0.1, 0.15) is 23.4 Å². The van der Waals surface area contributed by atoms with Crippen molar-refractivity contribution in [1.29, 1.82) is 5.26 Å². The zero-order chi connectivity index (χ0) is 32.0. The molecule has 3 aliphatic rings. The van der Waals surface area contributed by atoms with Crippen molar-refractivity contribution in [2.45, 2.75) is 57.3 Å². The molecule has 48 heavy (non-hydrogen) atoms. The average Bonchev–Trinajstić information content (AvgIpc) is 3.77. The maximum Gasteiger partial charge on any atom is 0.417 e. The van der Waals surface area contributed by atoms with Gasteiger partial charge in [-0.05, 0) is 87.3 Å². The van der Waals surface area contributed by atoms with E-state index in [0.717, 1.165) is 35.7 Å². The smallest absolute Gasteiger partial charge is 0.417 e. The number of hydrogen-bond donors (Lipinski definition) is 1. The Morgan fingerprint density at radius 1 is 1.02 bits per heavy atom. The van der Waals surface area contributed by atoms with Crippen LogP contribution in [-0.4, -0.2) is 82.3 Å². The molecule has 0 unspecified atom stereocenters. The van der Waals surface area contributed by atoms with Gasteiger partial charge < -0.3 is 14.7 Å². The largest absolute Gasteiger partial charge is 0.492 e. The first-order chi connectivity index (χ1) is 20.7. The highest BCUT2D eigenvalue weighted by Gasteiger charge is 2.55. The number of nitriles is 1. The number of halogens is 7. The van der Waals surface area contributed by atoms with Crippen LogP contribution in [-0.2, 0) is 22.2 Å². The van der Waals surface area contributed by atoms with Gasteiger partial charge in [-0.2, -0.15) is 18.4 Å². The van der Waals surface area contributed by atoms with Gasteiger partial charge in [-0.15, -0.1) is 49.6 Å². The van der Waals surface area contributed by atoms with Crippen molar-refractivity contribution >= 4 is 90.2 Å². The Morgan fingerprint density at radius 3 is 2.15 bits per heavy atom. The van der Waals surface area contributed by atoms with E-state index in [2.05, 4.69) is 9.80 Å². The van der Waals surface area contributed by atoms with Gasteiger partial charge in [0, 0.05) is 38.4 Å². The number of aryl methyl sites for hydroxylation is 1. The van der Waals surface area contributed by atoms with Crippen molar-refractivity contribution in [3.8, 4) is 11.8 Å². The van der Waals surface area contributed by atoms with E-state index in [0.29, 0.717) is 56.9 Å². The monoisotopic (exact) mass is 773 g/mol. The summed E-state index contributed by atoms with van der Waals surface area (Å²) in [5.74, 6) is -0.537. The minimum atomic E-state index is -4.78. The number of aliphatic carboxylic acids is 1. The Kier molecular flexibility index (Phi) is 14.9. The van der Waals surface area contributed by atoms with E-state index in [4.69, 9.17) is 22.2 Å². The summed E-state index contributed by atoms with van der Waals surface area (Å²) < 4.78 is 47.1. The number of benzene rings is 2. The van der Waals surface area contributed by atoms with Crippen LogP contribution in [0.15, 0.2) is 36.4 Å². The van der Waals surface area contributed by atoms with Crippen molar-refractivity contribution in [1.82, 2.24) is 9.80 Å². The molecule has 1 N–H and O–H groups in total. The third kappa shape index (κ3) is 8.07. The zero-order valence-electron chi connectivity index (χ0n) is 26.4. The van der Waals surface area contributed by atoms with Gasteiger partial charge in [-0.3, -0.25) is 24.3 Å². The van der Waals surface area contributed by atoms with E-state index in [-0.39, 0.29) is 60.4 Å². The lowest BCUT2D eigenvalue weighted by atomic mass is 10.0. The maximum atomic E-state index is 13.7. The normalized spacial score (nSPS) is 18.4. The van der Waals surface area contributed by atoms with E-state index < -0.39 is 40.3 Å². The third-order valence-electron chi connectivity index (χ3n) is 8.80. The molecular formula is C31H38Cl4F3N5O4S. The standard InChI is InChI=1S/C31H34F3N5O4S.4ClH/c1-4-20-17-23(7-8-25(20)43-16-15-36-11-13-37(14-12-36)30(9-10-30)27(41)42)39-28(44)38(26(40)29(39,2)3)22-6-5-21(19-35)24(18-22)31(32,33)34;;;;/h5-8,17-18H,4,9-16H2,1-3H3,(H,41,42);4*1H. The van der Waals surface area contributed by atoms with Crippen LogP contribution in [0.25, 0.3) is 0 Å². The zero-order valence-corrected chi connectivity index (χ0v) is 30.5. The van der Waals surface area contributed by atoms with Crippen LogP contribution in [0, 0.1) is 11.3 Å². The summed E-state index contributed by atoms with van der Waals surface area (Å²) >= 11 is 5.67. The van der Waals surface area contributed by atoms with Gasteiger partial charge in [0.15, 0.2) is 5.11 Å². The number of thiocarbonyl (C=S) groups is 1. The first-order valence-corrected chi connectivity index (χ1v) is 14.9. The third-order valence-corrected chi connectivity index (χ3v) is 9.17. The summed E-state index contributed by atoms with van der Waals surface area (Å²) in [5, 5.41) is 18.7. The molecule has 0 spiro atoms. The molecule has 266 valence electrons. The summed E-state index contributed by atoms with van der Waals surface area (Å²) in [6, 6.07) is 10.1. The minimum Gasteiger partial charge on any atom is -0.492 e. The van der Waals surface area contributed by atoms with Crippen LogP contribution in [0.5, 0.6) is 5.75 Å². The molecule has 0 radical (unpaired) electrons. The first kappa shape index (κ1) is 43.5.